The lowest BCUT2D eigenvalue weighted by atomic mass is 9.46. The Morgan fingerprint density at radius 2 is 1.71 bits per heavy atom. The van der Waals surface area contributed by atoms with Gasteiger partial charge in [0, 0.05) is 12.0 Å². The summed E-state index contributed by atoms with van der Waals surface area (Å²) in [4.78, 5) is 13.0. The van der Waals surface area contributed by atoms with Crippen LogP contribution in [0.4, 0.5) is 0 Å². The Bertz CT molecular complexity index is 1200. The van der Waals surface area contributed by atoms with Gasteiger partial charge in [0.05, 0.1) is 5.56 Å². The summed E-state index contributed by atoms with van der Waals surface area (Å²) in [7, 11) is -1.75. The van der Waals surface area contributed by atoms with Crippen LogP contribution in [-0.4, -0.2) is 27.0 Å². The molecule has 0 saturated heterocycles. The maximum atomic E-state index is 13.0. The minimum absolute atomic E-state index is 0.0707. The summed E-state index contributed by atoms with van der Waals surface area (Å²) >= 11 is 0. The van der Waals surface area contributed by atoms with Crippen LogP contribution in [0.2, 0.25) is 18.1 Å². The molecular weight excluding hydrogens is 520 g/mol. The molecule has 0 radical (unpaired) electrons. The molecule has 4 heteroatoms. The summed E-state index contributed by atoms with van der Waals surface area (Å²) in [5, 5.41) is 0.253. The van der Waals surface area contributed by atoms with Crippen LogP contribution < -0.4 is 0 Å². The first kappa shape index (κ1) is 30.8. The summed E-state index contributed by atoms with van der Waals surface area (Å²) in [5.74, 6) is 2.08. The lowest BCUT2D eigenvalue weighted by molar-refractivity contribution is -0.105. The van der Waals surface area contributed by atoms with E-state index in [-0.39, 0.29) is 33.4 Å². The SMILES string of the molecule is CC(CO[Si](C)(C)C(C)(C)C)[C@H]1CCC2=C3C=C[C@@H]4C(C)(C)C(OC(=O)c5ccccc5)CC[C@]4(C)[C@H]3CC[C@@]21C. The largest absolute Gasteiger partial charge is 0.458 e. The molecule has 7 atom stereocenters. The highest BCUT2D eigenvalue weighted by Gasteiger charge is 2.59. The van der Waals surface area contributed by atoms with Crippen molar-refractivity contribution in [3.8, 4) is 0 Å². The Balaban J connectivity index is 1.36. The molecule has 1 aromatic carbocycles. The van der Waals surface area contributed by atoms with Crippen molar-refractivity contribution in [3.05, 3.63) is 59.2 Å². The summed E-state index contributed by atoms with van der Waals surface area (Å²) < 4.78 is 13.0. The van der Waals surface area contributed by atoms with Gasteiger partial charge in [0.15, 0.2) is 8.32 Å². The van der Waals surface area contributed by atoms with Crippen LogP contribution in [-0.2, 0) is 9.16 Å². The standard InChI is InChI=1S/C37H56O3Si/c1-25(24-39-41(9,10)34(2,3)4)28-17-18-29-27-16-19-31-35(5,6)32(40-33(38)26-14-12-11-13-15-26)21-23-37(31,8)30(27)20-22-36(28,29)7/h11-16,19,25,28,30-32H,17-18,20-24H2,1-10H3/t25?,28-,30+,31-,32?,36-,37-/m1/s1. The predicted molar refractivity (Wildman–Crippen MR) is 172 cm³/mol. The molecule has 0 bridgehead atoms. The topological polar surface area (TPSA) is 35.5 Å². The van der Waals surface area contributed by atoms with E-state index >= 15 is 0 Å². The fourth-order valence-electron chi connectivity index (χ4n) is 9.30. The number of ether oxygens (including phenoxy) is 1. The second-order valence-electron chi connectivity index (χ2n) is 16.6. The third kappa shape index (κ3) is 5.13. The fourth-order valence-corrected chi connectivity index (χ4v) is 10.4. The second-order valence-corrected chi connectivity index (χ2v) is 21.4. The lowest BCUT2D eigenvalue weighted by Gasteiger charge is -2.60. The van der Waals surface area contributed by atoms with Gasteiger partial charge in [-0.1, -0.05) is 91.3 Å². The first-order valence-electron chi connectivity index (χ1n) is 16.3. The Hall–Kier alpha value is -1.65. The van der Waals surface area contributed by atoms with Crippen molar-refractivity contribution in [1.29, 1.82) is 0 Å². The van der Waals surface area contributed by atoms with Crippen molar-refractivity contribution >= 4 is 14.3 Å². The van der Waals surface area contributed by atoms with E-state index in [0.29, 0.717) is 29.2 Å². The second kappa shape index (κ2) is 10.5. The molecule has 0 amide bonds. The van der Waals surface area contributed by atoms with E-state index < -0.39 is 8.32 Å². The summed E-state index contributed by atoms with van der Waals surface area (Å²) in [5.41, 5.74) is 4.44. The van der Waals surface area contributed by atoms with Gasteiger partial charge in [-0.15, -0.1) is 0 Å². The smallest absolute Gasteiger partial charge is 0.338 e. The van der Waals surface area contributed by atoms with Gasteiger partial charge < -0.3 is 9.16 Å². The van der Waals surface area contributed by atoms with Crippen LogP contribution in [0.15, 0.2) is 53.6 Å². The average molecular weight is 577 g/mol. The van der Waals surface area contributed by atoms with E-state index in [1.165, 1.54) is 25.7 Å². The molecule has 2 fully saturated rings. The zero-order valence-electron chi connectivity index (χ0n) is 27.6. The van der Waals surface area contributed by atoms with E-state index in [0.717, 1.165) is 19.4 Å². The molecule has 0 N–H and O–H groups in total. The zero-order valence-corrected chi connectivity index (χ0v) is 28.6. The van der Waals surface area contributed by atoms with Crippen molar-refractivity contribution in [1.82, 2.24) is 0 Å². The fraction of sp³-hybridized carbons (Fsp3) is 0.703. The molecule has 1 aromatic rings. The van der Waals surface area contributed by atoms with E-state index in [1.807, 2.05) is 30.3 Å². The van der Waals surface area contributed by atoms with Crippen LogP contribution in [0.3, 0.4) is 0 Å². The maximum Gasteiger partial charge on any atom is 0.338 e. The van der Waals surface area contributed by atoms with Gasteiger partial charge in [-0.05, 0) is 109 Å². The third-order valence-electron chi connectivity index (χ3n) is 12.9. The van der Waals surface area contributed by atoms with Crippen LogP contribution in [0.5, 0.6) is 0 Å². The van der Waals surface area contributed by atoms with Crippen molar-refractivity contribution in [2.75, 3.05) is 6.61 Å². The van der Waals surface area contributed by atoms with Gasteiger partial charge in [0.1, 0.15) is 6.10 Å². The molecule has 2 unspecified atom stereocenters. The van der Waals surface area contributed by atoms with Crippen LogP contribution in [0, 0.1) is 39.9 Å². The monoisotopic (exact) mass is 576 g/mol. The first-order chi connectivity index (χ1) is 19.0. The predicted octanol–water partition coefficient (Wildman–Crippen LogP) is 10.0. The summed E-state index contributed by atoms with van der Waals surface area (Å²) in [6.07, 6.45) is 12.1. The van der Waals surface area contributed by atoms with Gasteiger partial charge in [0.25, 0.3) is 0 Å². The van der Waals surface area contributed by atoms with E-state index in [9.17, 15) is 4.79 Å². The molecule has 226 valence electrons. The Morgan fingerprint density at radius 1 is 1.02 bits per heavy atom. The van der Waals surface area contributed by atoms with E-state index in [1.54, 1.807) is 11.1 Å². The van der Waals surface area contributed by atoms with Crippen molar-refractivity contribution in [2.45, 2.75) is 118 Å². The number of rotatable bonds is 6. The number of fused-ring (bicyclic) bond motifs is 4. The molecule has 2 saturated carbocycles. The molecule has 0 heterocycles. The summed E-state index contributed by atoms with van der Waals surface area (Å²) in [6, 6.07) is 9.47. The molecule has 5 rings (SSSR count). The number of carbonyl (C=O) groups excluding carboxylic acids is 1. The minimum Gasteiger partial charge on any atom is -0.458 e. The zero-order chi connectivity index (χ0) is 30.0. The highest BCUT2D eigenvalue weighted by Crippen LogP contribution is 2.66. The highest BCUT2D eigenvalue weighted by molar-refractivity contribution is 6.74. The normalized spacial score (nSPS) is 35.4. The molecule has 0 spiro atoms. The number of hydrogen-bond acceptors (Lipinski definition) is 3. The molecule has 0 aromatic heterocycles. The number of allylic oxidation sites excluding steroid dienone is 4. The molecule has 3 nitrogen and oxygen atoms in total. The Morgan fingerprint density at radius 3 is 2.37 bits per heavy atom. The Kier molecular flexibility index (Phi) is 7.89. The maximum absolute atomic E-state index is 13.0. The molecule has 0 aliphatic heterocycles. The van der Waals surface area contributed by atoms with Gasteiger partial charge >= 0.3 is 5.97 Å². The third-order valence-corrected chi connectivity index (χ3v) is 17.4. The van der Waals surface area contributed by atoms with Gasteiger partial charge in [-0.3, -0.25) is 0 Å². The van der Waals surface area contributed by atoms with E-state index in [2.05, 4.69) is 80.6 Å². The molecular formula is C37H56O3Si. The molecule has 41 heavy (non-hydrogen) atoms. The first-order valence-corrected chi connectivity index (χ1v) is 19.2. The number of benzene rings is 1. The van der Waals surface area contributed by atoms with Crippen molar-refractivity contribution in [2.24, 2.45) is 39.9 Å². The van der Waals surface area contributed by atoms with Crippen LogP contribution in [0.1, 0.15) is 104 Å². The molecule has 4 aliphatic rings. The average Bonchev–Trinajstić information content (AvgIpc) is 3.26. The quantitative estimate of drug-likeness (QED) is 0.250. The number of carbonyl (C=O) groups is 1. The number of esters is 1. The van der Waals surface area contributed by atoms with Crippen molar-refractivity contribution in [3.63, 3.8) is 0 Å². The van der Waals surface area contributed by atoms with Crippen LogP contribution in [0.25, 0.3) is 0 Å². The van der Waals surface area contributed by atoms with Crippen LogP contribution >= 0.6 is 0 Å². The lowest BCUT2D eigenvalue weighted by Crippen LogP contribution is -2.55. The minimum atomic E-state index is -1.75. The summed E-state index contributed by atoms with van der Waals surface area (Å²) in [6.45, 7) is 25.0. The number of hydrogen-bond donors (Lipinski definition) is 0. The Labute approximate surface area is 251 Å². The van der Waals surface area contributed by atoms with Crippen molar-refractivity contribution < 1.29 is 14.0 Å². The van der Waals surface area contributed by atoms with Gasteiger partial charge in [0.2, 0.25) is 0 Å². The highest BCUT2D eigenvalue weighted by atomic mass is 28.4. The van der Waals surface area contributed by atoms with E-state index in [4.69, 9.17) is 9.16 Å². The van der Waals surface area contributed by atoms with Gasteiger partial charge in [-0.25, -0.2) is 4.79 Å². The molecule has 4 aliphatic carbocycles. The van der Waals surface area contributed by atoms with Gasteiger partial charge in [-0.2, -0.15) is 0 Å².